The molecule has 0 aliphatic carbocycles. The van der Waals surface area contributed by atoms with Gasteiger partial charge in [-0.2, -0.15) is 10.2 Å². The van der Waals surface area contributed by atoms with Gasteiger partial charge in [-0.05, 0) is 57.0 Å². The van der Waals surface area contributed by atoms with Crippen LogP contribution in [0.2, 0.25) is 0 Å². The molecule has 2 N–H and O–H groups in total. The van der Waals surface area contributed by atoms with Crippen molar-refractivity contribution >= 4 is 22.5 Å². The van der Waals surface area contributed by atoms with E-state index in [1.807, 2.05) is 24.3 Å². The summed E-state index contributed by atoms with van der Waals surface area (Å²) in [5.74, 6) is 1.09. The fourth-order valence-electron chi connectivity index (χ4n) is 4.43. The number of anilines is 1. The molecule has 0 atom stereocenters. The molecule has 8 nitrogen and oxygen atoms in total. The third-order valence-electron chi connectivity index (χ3n) is 6.29. The molecule has 0 bridgehead atoms. The molecular weight excluding hydrogens is 404 g/mol. The molecule has 0 unspecified atom stereocenters. The minimum Gasteiger partial charge on any atom is -0.381 e. The Labute approximate surface area is 187 Å². The van der Waals surface area contributed by atoms with Gasteiger partial charge >= 0.3 is 0 Å². The average molecular weight is 433 g/mol. The van der Waals surface area contributed by atoms with Crippen molar-refractivity contribution in [2.24, 2.45) is 5.92 Å². The van der Waals surface area contributed by atoms with Crippen LogP contribution in [0.5, 0.6) is 0 Å². The number of rotatable bonds is 6. The molecule has 4 heterocycles. The van der Waals surface area contributed by atoms with Crippen molar-refractivity contribution in [2.45, 2.75) is 38.1 Å². The van der Waals surface area contributed by atoms with Crippen molar-refractivity contribution in [1.29, 1.82) is 0 Å². The minimum absolute atomic E-state index is 0.0676. The predicted molar refractivity (Wildman–Crippen MR) is 122 cm³/mol. The topological polar surface area (TPSA) is 102 Å². The van der Waals surface area contributed by atoms with Crippen LogP contribution in [0.25, 0.3) is 22.2 Å². The van der Waals surface area contributed by atoms with Gasteiger partial charge < -0.3 is 15.4 Å². The highest BCUT2D eigenvalue weighted by molar-refractivity contribution is 5.86. The number of carbonyl (C=O) groups is 1. The highest BCUT2D eigenvalue weighted by atomic mass is 16.5. The highest BCUT2D eigenvalue weighted by Gasteiger charge is 2.22. The lowest BCUT2D eigenvalue weighted by atomic mass is 9.92. The first kappa shape index (κ1) is 20.9. The number of piperidine rings is 1. The second-order valence-corrected chi connectivity index (χ2v) is 8.60. The maximum Gasteiger partial charge on any atom is 0.145 e. The number of Topliss-reactive ketones (excluding diaryl/α,β-unsaturated/α-hetero) is 1. The number of hydrogen-bond acceptors (Lipinski definition) is 8. The van der Waals surface area contributed by atoms with Gasteiger partial charge in [-0.25, -0.2) is 4.98 Å². The Morgan fingerprint density at radius 1 is 1.06 bits per heavy atom. The monoisotopic (exact) mass is 432 g/mol. The number of carbonyl (C=O) groups excluding carboxylic acids is 1. The number of ketones is 1. The second kappa shape index (κ2) is 9.67. The van der Waals surface area contributed by atoms with Crippen LogP contribution in [0.15, 0.2) is 36.7 Å². The van der Waals surface area contributed by atoms with Crippen molar-refractivity contribution in [3.63, 3.8) is 0 Å². The summed E-state index contributed by atoms with van der Waals surface area (Å²) in [6.07, 6.45) is 7.62. The molecule has 166 valence electrons. The summed E-state index contributed by atoms with van der Waals surface area (Å²) < 4.78 is 5.37. The molecule has 32 heavy (non-hydrogen) atoms. The summed E-state index contributed by atoms with van der Waals surface area (Å²) >= 11 is 0. The SMILES string of the molecule is O=C(Cc1cc2cc(-c3cncc(NC4CCNCC4)n3)ccc2nn1)C1CCOCC1. The zero-order chi connectivity index (χ0) is 21.8. The molecule has 8 heteroatoms. The lowest BCUT2D eigenvalue weighted by Crippen LogP contribution is -2.35. The predicted octanol–water partition coefficient (Wildman–Crippen LogP) is 2.79. The first-order valence-electron chi connectivity index (χ1n) is 11.4. The molecule has 0 saturated carbocycles. The van der Waals surface area contributed by atoms with Gasteiger partial charge in [-0.1, -0.05) is 6.07 Å². The van der Waals surface area contributed by atoms with E-state index in [0.717, 1.165) is 66.8 Å². The summed E-state index contributed by atoms with van der Waals surface area (Å²) in [6, 6.07) is 8.36. The number of nitrogens with one attached hydrogen (secondary N) is 2. The number of fused-ring (bicyclic) bond motifs is 1. The molecule has 2 fully saturated rings. The Kier molecular flexibility index (Phi) is 6.31. The Bertz CT molecular complexity index is 1090. The van der Waals surface area contributed by atoms with Gasteiger partial charge in [-0.15, -0.1) is 0 Å². The quantitative estimate of drug-likeness (QED) is 0.613. The molecular formula is C24H28N6O2. The van der Waals surface area contributed by atoms with E-state index in [2.05, 4.69) is 25.8 Å². The van der Waals surface area contributed by atoms with E-state index in [9.17, 15) is 4.79 Å². The maximum atomic E-state index is 12.6. The van der Waals surface area contributed by atoms with Gasteiger partial charge in [0.1, 0.15) is 11.6 Å². The normalized spacial score (nSPS) is 18.0. The van der Waals surface area contributed by atoms with Crippen molar-refractivity contribution in [3.8, 4) is 11.3 Å². The Balaban J connectivity index is 1.34. The molecule has 0 spiro atoms. The number of nitrogens with zero attached hydrogens (tertiary/aromatic N) is 4. The maximum absolute atomic E-state index is 12.6. The molecule has 2 aliphatic rings. The Hall–Kier alpha value is -2.97. The summed E-state index contributed by atoms with van der Waals surface area (Å²) in [7, 11) is 0. The van der Waals surface area contributed by atoms with E-state index in [1.165, 1.54) is 0 Å². The van der Waals surface area contributed by atoms with Crippen LogP contribution in [0.3, 0.4) is 0 Å². The van der Waals surface area contributed by atoms with Gasteiger partial charge in [0, 0.05) is 36.1 Å². The molecule has 2 aliphatic heterocycles. The fraction of sp³-hybridized carbons (Fsp3) is 0.458. The van der Waals surface area contributed by atoms with E-state index in [1.54, 1.807) is 12.4 Å². The summed E-state index contributed by atoms with van der Waals surface area (Å²) in [4.78, 5) is 21.8. The second-order valence-electron chi connectivity index (χ2n) is 8.60. The Morgan fingerprint density at radius 3 is 2.75 bits per heavy atom. The van der Waals surface area contributed by atoms with Crippen LogP contribution in [0, 0.1) is 5.92 Å². The van der Waals surface area contributed by atoms with Crippen LogP contribution in [-0.2, 0) is 16.0 Å². The molecule has 0 radical (unpaired) electrons. The first-order valence-corrected chi connectivity index (χ1v) is 11.4. The van der Waals surface area contributed by atoms with Gasteiger partial charge in [0.05, 0.1) is 35.7 Å². The molecule has 0 amide bonds. The van der Waals surface area contributed by atoms with Crippen molar-refractivity contribution in [1.82, 2.24) is 25.5 Å². The number of hydrogen-bond donors (Lipinski definition) is 2. The average Bonchev–Trinajstić information content (AvgIpc) is 2.85. The van der Waals surface area contributed by atoms with E-state index in [4.69, 9.17) is 9.72 Å². The van der Waals surface area contributed by atoms with Gasteiger partial charge in [0.25, 0.3) is 0 Å². The minimum atomic E-state index is 0.0676. The number of aromatic nitrogens is 4. The van der Waals surface area contributed by atoms with Crippen LogP contribution < -0.4 is 10.6 Å². The fourth-order valence-corrected chi connectivity index (χ4v) is 4.43. The van der Waals surface area contributed by atoms with Gasteiger partial charge in [0.15, 0.2) is 0 Å². The first-order chi connectivity index (χ1) is 15.7. The number of ether oxygens (including phenoxy) is 1. The molecule has 2 saturated heterocycles. The molecule has 2 aromatic heterocycles. The molecule has 1 aromatic carbocycles. The van der Waals surface area contributed by atoms with E-state index >= 15 is 0 Å². The van der Waals surface area contributed by atoms with E-state index < -0.39 is 0 Å². The van der Waals surface area contributed by atoms with Gasteiger partial charge in [0.2, 0.25) is 0 Å². The molecule has 5 rings (SSSR count). The zero-order valence-electron chi connectivity index (χ0n) is 18.1. The van der Waals surface area contributed by atoms with Crippen molar-refractivity contribution in [3.05, 3.63) is 42.4 Å². The lowest BCUT2D eigenvalue weighted by molar-refractivity contribution is -0.125. The standard InChI is InChI=1S/C24H28N6O2/c31-23(16-5-9-32-10-6-16)13-20-12-18-11-17(1-2-21(18)30-29-20)22-14-26-15-24(28-22)27-19-3-7-25-8-4-19/h1-2,11-12,14-16,19,25H,3-10,13H2,(H,27,28). The summed E-state index contributed by atoms with van der Waals surface area (Å²) in [5, 5.41) is 16.4. The Morgan fingerprint density at radius 2 is 1.91 bits per heavy atom. The number of benzene rings is 1. The lowest BCUT2D eigenvalue weighted by Gasteiger charge is -2.24. The summed E-state index contributed by atoms with van der Waals surface area (Å²) in [5.41, 5.74) is 3.28. The van der Waals surface area contributed by atoms with Gasteiger partial charge in [-0.3, -0.25) is 9.78 Å². The van der Waals surface area contributed by atoms with Crippen LogP contribution in [0.1, 0.15) is 31.4 Å². The highest BCUT2D eigenvalue weighted by Crippen LogP contribution is 2.24. The van der Waals surface area contributed by atoms with Crippen LogP contribution in [-0.4, -0.2) is 58.3 Å². The van der Waals surface area contributed by atoms with Crippen molar-refractivity contribution in [2.75, 3.05) is 31.6 Å². The third-order valence-corrected chi connectivity index (χ3v) is 6.29. The zero-order valence-corrected chi connectivity index (χ0v) is 18.1. The largest absolute Gasteiger partial charge is 0.381 e. The van der Waals surface area contributed by atoms with E-state index in [-0.39, 0.29) is 11.7 Å². The van der Waals surface area contributed by atoms with Crippen molar-refractivity contribution < 1.29 is 9.53 Å². The third kappa shape index (κ3) is 4.92. The summed E-state index contributed by atoms with van der Waals surface area (Å²) in [6.45, 7) is 3.37. The van der Waals surface area contributed by atoms with Crippen LogP contribution >= 0.6 is 0 Å². The smallest absolute Gasteiger partial charge is 0.145 e. The van der Waals surface area contributed by atoms with Crippen LogP contribution in [0.4, 0.5) is 5.82 Å². The molecule has 3 aromatic rings. The van der Waals surface area contributed by atoms with E-state index in [0.29, 0.717) is 31.4 Å².